The number of halogens is 1. The predicted octanol–water partition coefficient (Wildman–Crippen LogP) is 1.22. The maximum atomic E-state index is 11.6. The van der Waals surface area contributed by atoms with Gasteiger partial charge < -0.3 is 11.1 Å². The summed E-state index contributed by atoms with van der Waals surface area (Å²) >= 11 is 5.99. The van der Waals surface area contributed by atoms with Gasteiger partial charge in [0.25, 0.3) is 5.56 Å². The summed E-state index contributed by atoms with van der Waals surface area (Å²) in [6, 6.07) is 0. The number of aromatic nitrogens is 2. The lowest BCUT2D eigenvalue weighted by Gasteiger charge is -2.34. The van der Waals surface area contributed by atoms with Crippen molar-refractivity contribution >= 4 is 17.3 Å². The number of aryl methyl sites for hydroxylation is 1. The molecule has 0 saturated heterocycles. The van der Waals surface area contributed by atoms with E-state index in [0.29, 0.717) is 18.2 Å². The second kappa shape index (κ2) is 5.06. The molecule has 0 bridgehead atoms. The van der Waals surface area contributed by atoms with E-state index in [4.69, 9.17) is 17.3 Å². The van der Waals surface area contributed by atoms with Crippen LogP contribution in [0.25, 0.3) is 0 Å². The van der Waals surface area contributed by atoms with E-state index in [1.54, 1.807) is 13.2 Å². The van der Waals surface area contributed by atoms with Crippen LogP contribution < -0.4 is 16.6 Å². The average molecular weight is 259 g/mol. The van der Waals surface area contributed by atoms with Crippen LogP contribution in [0.2, 0.25) is 5.02 Å². The van der Waals surface area contributed by atoms with E-state index in [1.807, 2.05) is 6.92 Å². The molecule has 0 aliphatic rings. The number of hydrogen-bond acceptors (Lipinski definition) is 4. The monoisotopic (exact) mass is 258 g/mol. The molecule has 0 aromatic carbocycles. The summed E-state index contributed by atoms with van der Waals surface area (Å²) in [5.41, 5.74) is 5.65. The highest BCUT2D eigenvalue weighted by Crippen LogP contribution is 2.24. The zero-order valence-electron chi connectivity index (χ0n) is 10.6. The highest BCUT2D eigenvalue weighted by Gasteiger charge is 2.27. The summed E-state index contributed by atoms with van der Waals surface area (Å²) in [5.74, 6) is 0.299. The molecule has 0 amide bonds. The van der Waals surface area contributed by atoms with Gasteiger partial charge in [-0.05, 0) is 12.8 Å². The van der Waals surface area contributed by atoms with Crippen LogP contribution in [0.4, 0.5) is 5.69 Å². The van der Waals surface area contributed by atoms with E-state index in [2.05, 4.69) is 24.3 Å². The molecule has 1 rings (SSSR count). The van der Waals surface area contributed by atoms with Crippen LogP contribution in [-0.2, 0) is 7.05 Å². The first-order valence-electron chi connectivity index (χ1n) is 5.52. The van der Waals surface area contributed by atoms with Gasteiger partial charge in [0.1, 0.15) is 5.02 Å². The summed E-state index contributed by atoms with van der Waals surface area (Å²) in [5, 5.41) is 7.28. The molecule has 0 spiro atoms. The summed E-state index contributed by atoms with van der Waals surface area (Å²) < 4.78 is 1.20. The molecular weight excluding hydrogens is 240 g/mol. The second-order valence-corrected chi connectivity index (χ2v) is 5.08. The van der Waals surface area contributed by atoms with Gasteiger partial charge >= 0.3 is 0 Å². The van der Waals surface area contributed by atoms with E-state index < -0.39 is 0 Å². The molecule has 17 heavy (non-hydrogen) atoms. The van der Waals surface area contributed by atoms with E-state index in [-0.39, 0.29) is 16.1 Å². The van der Waals surface area contributed by atoms with E-state index in [0.717, 1.165) is 0 Å². The fourth-order valence-corrected chi connectivity index (χ4v) is 1.55. The SMILES string of the molecule is CC(C)C(C)(CN)Nc1cnn(C)c(=O)c1Cl. The Bertz CT molecular complexity index is 457. The molecule has 6 heteroatoms. The Hall–Kier alpha value is -1.07. The fraction of sp³-hybridized carbons (Fsp3) is 0.636. The summed E-state index contributed by atoms with van der Waals surface area (Å²) in [6.07, 6.45) is 1.54. The Morgan fingerprint density at radius 2 is 2.24 bits per heavy atom. The number of hydrogen-bond donors (Lipinski definition) is 2. The first-order valence-corrected chi connectivity index (χ1v) is 5.89. The van der Waals surface area contributed by atoms with Crippen molar-refractivity contribution in [3.8, 4) is 0 Å². The van der Waals surface area contributed by atoms with Crippen LogP contribution in [0, 0.1) is 5.92 Å². The van der Waals surface area contributed by atoms with Gasteiger partial charge in [0.05, 0.1) is 11.9 Å². The minimum Gasteiger partial charge on any atom is -0.376 e. The number of nitrogens with one attached hydrogen (secondary N) is 1. The van der Waals surface area contributed by atoms with Crippen LogP contribution in [0.1, 0.15) is 20.8 Å². The fourth-order valence-electron chi connectivity index (χ4n) is 1.34. The molecule has 0 aliphatic heterocycles. The van der Waals surface area contributed by atoms with Crippen molar-refractivity contribution in [3.05, 3.63) is 21.6 Å². The van der Waals surface area contributed by atoms with Gasteiger partial charge in [-0.1, -0.05) is 25.4 Å². The van der Waals surface area contributed by atoms with Crippen molar-refractivity contribution in [1.82, 2.24) is 9.78 Å². The Balaban J connectivity index is 3.12. The number of nitrogens with zero attached hydrogens (tertiary/aromatic N) is 2. The van der Waals surface area contributed by atoms with E-state index in [9.17, 15) is 4.79 Å². The van der Waals surface area contributed by atoms with Crippen LogP contribution in [0.3, 0.4) is 0 Å². The minimum atomic E-state index is -0.322. The first-order chi connectivity index (χ1) is 7.81. The Morgan fingerprint density at radius 3 is 2.71 bits per heavy atom. The van der Waals surface area contributed by atoms with Crippen molar-refractivity contribution in [2.75, 3.05) is 11.9 Å². The van der Waals surface area contributed by atoms with E-state index in [1.165, 1.54) is 4.68 Å². The van der Waals surface area contributed by atoms with Crippen LogP contribution in [0.5, 0.6) is 0 Å². The summed E-state index contributed by atoms with van der Waals surface area (Å²) in [6.45, 7) is 6.55. The molecule has 1 aromatic rings. The number of rotatable bonds is 4. The van der Waals surface area contributed by atoms with Gasteiger partial charge in [-0.2, -0.15) is 5.10 Å². The number of anilines is 1. The van der Waals surface area contributed by atoms with Gasteiger partial charge in [0, 0.05) is 19.1 Å². The summed E-state index contributed by atoms with van der Waals surface area (Å²) in [4.78, 5) is 11.6. The van der Waals surface area contributed by atoms with Gasteiger partial charge in [-0.25, -0.2) is 4.68 Å². The molecule has 1 atom stereocenters. The van der Waals surface area contributed by atoms with Crippen molar-refractivity contribution < 1.29 is 0 Å². The second-order valence-electron chi connectivity index (χ2n) is 4.70. The van der Waals surface area contributed by atoms with E-state index >= 15 is 0 Å². The third kappa shape index (κ3) is 2.79. The molecule has 5 nitrogen and oxygen atoms in total. The van der Waals surface area contributed by atoms with Crippen molar-refractivity contribution in [1.29, 1.82) is 0 Å². The Kier molecular flexibility index (Phi) is 4.16. The lowest BCUT2D eigenvalue weighted by molar-refractivity contribution is 0.382. The third-order valence-corrected chi connectivity index (χ3v) is 3.56. The quantitative estimate of drug-likeness (QED) is 0.852. The lowest BCUT2D eigenvalue weighted by atomic mass is 9.88. The smallest absolute Gasteiger partial charge is 0.287 e. The minimum absolute atomic E-state index is 0.142. The zero-order chi connectivity index (χ0) is 13.2. The average Bonchev–Trinajstić information content (AvgIpc) is 2.29. The predicted molar refractivity (Wildman–Crippen MR) is 70.4 cm³/mol. The van der Waals surface area contributed by atoms with Crippen molar-refractivity contribution in [3.63, 3.8) is 0 Å². The maximum Gasteiger partial charge on any atom is 0.287 e. The Morgan fingerprint density at radius 1 is 1.65 bits per heavy atom. The lowest BCUT2D eigenvalue weighted by Crippen LogP contribution is -2.47. The topological polar surface area (TPSA) is 72.9 Å². The third-order valence-electron chi connectivity index (χ3n) is 3.20. The largest absolute Gasteiger partial charge is 0.376 e. The van der Waals surface area contributed by atoms with Gasteiger partial charge in [0.15, 0.2) is 0 Å². The summed E-state index contributed by atoms with van der Waals surface area (Å²) in [7, 11) is 1.56. The first kappa shape index (κ1) is 14.0. The van der Waals surface area contributed by atoms with Crippen molar-refractivity contribution in [2.45, 2.75) is 26.3 Å². The van der Waals surface area contributed by atoms with Gasteiger partial charge in [-0.15, -0.1) is 0 Å². The van der Waals surface area contributed by atoms with Crippen LogP contribution in [-0.4, -0.2) is 21.9 Å². The molecular formula is C11H19ClN4O. The normalized spacial score (nSPS) is 14.8. The van der Waals surface area contributed by atoms with Gasteiger partial charge in [0.2, 0.25) is 0 Å². The van der Waals surface area contributed by atoms with Crippen molar-refractivity contribution in [2.24, 2.45) is 18.7 Å². The highest BCUT2D eigenvalue weighted by molar-refractivity contribution is 6.32. The highest BCUT2D eigenvalue weighted by atomic mass is 35.5. The van der Waals surface area contributed by atoms with Crippen LogP contribution in [0.15, 0.2) is 11.0 Å². The molecule has 1 unspecified atom stereocenters. The zero-order valence-corrected chi connectivity index (χ0v) is 11.4. The molecule has 0 saturated carbocycles. The maximum absolute atomic E-state index is 11.6. The molecule has 1 aromatic heterocycles. The van der Waals surface area contributed by atoms with Gasteiger partial charge in [-0.3, -0.25) is 4.79 Å². The standard InChI is InChI=1S/C11H19ClN4O/c1-7(2)11(3,6-13)15-8-5-14-16(4)10(17)9(8)12/h5,7,15H,6,13H2,1-4H3. The molecule has 96 valence electrons. The molecule has 0 fully saturated rings. The molecule has 0 radical (unpaired) electrons. The molecule has 3 N–H and O–H groups in total. The van der Waals surface area contributed by atoms with Crippen LogP contribution >= 0.6 is 11.6 Å². The number of nitrogens with two attached hydrogens (primary N) is 1. The molecule has 1 heterocycles. The molecule has 0 aliphatic carbocycles. The Labute approximate surface area is 106 Å².